The Morgan fingerprint density at radius 3 is 1.48 bits per heavy atom. The van der Waals surface area contributed by atoms with Crippen molar-refractivity contribution in [1.82, 2.24) is 9.80 Å². The van der Waals surface area contributed by atoms with E-state index in [4.69, 9.17) is 0 Å². The summed E-state index contributed by atoms with van der Waals surface area (Å²) >= 11 is 0. The van der Waals surface area contributed by atoms with Crippen LogP contribution in [0.3, 0.4) is 0 Å². The number of rotatable bonds is 4. The van der Waals surface area contributed by atoms with Gasteiger partial charge in [-0.1, -0.05) is 72.8 Å². The van der Waals surface area contributed by atoms with Gasteiger partial charge in [-0.15, -0.1) is 0 Å². The Morgan fingerprint density at radius 1 is 0.680 bits per heavy atom. The first-order valence-electron chi connectivity index (χ1n) is 9.52. The molecule has 1 aliphatic carbocycles. The molecule has 2 aliphatic rings. The summed E-state index contributed by atoms with van der Waals surface area (Å²) in [5.41, 5.74) is 2.84. The van der Waals surface area contributed by atoms with Crippen LogP contribution < -0.4 is 0 Å². The average molecular weight is 332 g/mol. The normalized spacial score (nSPS) is 26.3. The molecule has 2 aromatic carbocycles. The zero-order valence-corrected chi connectivity index (χ0v) is 15.3. The van der Waals surface area contributed by atoms with E-state index in [9.17, 15) is 0 Å². The van der Waals surface area contributed by atoms with Crippen molar-refractivity contribution in [1.29, 1.82) is 0 Å². The third-order valence-electron chi connectivity index (χ3n) is 6.10. The molecule has 1 aliphatic heterocycles. The Kier molecular flexibility index (Phi) is 4.74. The Morgan fingerprint density at radius 2 is 1.08 bits per heavy atom. The zero-order valence-electron chi connectivity index (χ0n) is 15.3. The molecule has 0 bridgehead atoms. The molecule has 0 N–H and O–H groups in total. The number of hydrogen-bond donors (Lipinski definition) is 0. The van der Waals surface area contributed by atoms with Gasteiger partial charge in [0.1, 0.15) is 0 Å². The van der Waals surface area contributed by atoms with Crippen LogP contribution in [0.1, 0.15) is 49.9 Å². The summed E-state index contributed by atoms with van der Waals surface area (Å²) in [5, 5.41) is 0. The Bertz CT molecular complexity index is 648. The second-order valence-corrected chi connectivity index (χ2v) is 7.42. The van der Waals surface area contributed by atoms with Gasteiger partial charge in [-0.2, -0.15) is 0 Å². The molecule has 0 unspecified atom stereocenters. The molecule has 4 rings (SSSR count). The van der Waals surface area contributed by atoms with Crippen molar-refractivity contribution < 1.29 is 0 Å². The maximum absolute atomic E-state index is 2.71. The van der Waals surface area contributed by atoms with E-state index < -0.39 is 0 Å². The van der Waals surface area contributed by atoms with Crippen molar-refractivity contribution in [3.05, 3.63) is 83.9 Å². The zero-order chi connectivity index (χ0) is 17.2. The van der Waals surface area contributed by atoms with Gasteiger partial charge in [-0.25, -0.2) is 0 Å². The summed E-state index contributed by atoms with van der Waals surface area (Å²) in [5.74, 6) is 0. The monoisotopic (exact) mass is 332 g/mol. The summed E-state index contributed by atoms with van der Waals surface area (Å²) in [6.45, 7) is 5.77. The van der Waals surface area contributed by atoms with Crippen LogP contribution in [0.2, 0.25) is 0 Å². The SMILES string of the molecule is C[C@@H](c1ccccc1)N1CN([C@@H](C)c2ccccc2)[C@@H]2CC=CC[C@H]21. The van der Waals surface area contributed by atoms with Gasteiger partial charge in [0, 0.05) is 24.2 Å². The molecule has 0 radical (unpaired) electrons. The van der Waals surface area contributed by atoms with E-state index >= 15 is 0 Å². The fraction of sp³-hybridized carbons (Fsp3) is 0.391. The fourth-order valence-electron chi connectivity index (χ4n) is 4.56. The van der Waals surface area contributed by atoms with Gasteiger partial charge in [0.2, 0.25) is 0 Å². The highest BCUT2D eigenvalue weighted by molar-refractivity contribution is 5.22. The van der Waals surface area contributed by atoms with Crippen molar-refractivity contribution in [2.45, 2.75) is 50.9 Å². The van der Waals surface area contributed by atoms with E-state index in [1.165, 1.54) is 24.0 Å². The molecule has 1 heterocycles. The van der Waals surface area contributed by atoms with Gasteiger partial charge in [-0.05, 0) is 37.8 Å². The number of fused-ring (bicyclic) bond motifs is 1. The molecule has 2 aromatic rings. The molecule has 4 atom stereocenters. The third-order valence-corrected chi connectivity index (χ3v) is 6.10. The van der Waals surface area contributed by atoms with Crippen molar-refractivity contribution in [3.8, 4) is 0 Å². The lowest BCUT2D eigenvalue weighted by atomic mass is 9.93. The Hall–Kier alpha value is -1.90. The summed E-state index contributed by atoms with van der Waals surface area (Å²) in [6.07, 6.45) is 7.09. The van der Waals surface area contributed by atoms with Crippen LogP contribution in [0, 0.1) is 0 Å². The van der Waals surface area contributed by atoms with Crippen LogP contribution in [0.4, 0.5) is 0 Å². The number of hydrogen-bond acceptors (Lipinski definition) is 2. The van der Waals surface area contributed by atoms with Crippen LogP contribution in [-0.4, -0.2) is 28.6 Å². The highest BCUT2D eigenvalue weighted by atomic mass is 15.4. The predicted molar refractivity (Wildman–Crippen MR) is 104 cm³/mol. The lowest BCUT2D eigenvalue weighted by Gasteiger charge is -2.34. The van der Waals surface area contributed by atoms with Crippen molar-refractivity contribution in [3.63, 3.8) is 0 Å². The van der Waals surface area contributed by atoms with Crippen LogP contribution in [-0.2, 0) is 0 Å². The second kappa shape index (κ2) is 7.15. The summed E-state index contributed by atoms with van der Waals surface area (Å²) < 4.78 is 0. The van der Waals surface area contributed by atoms with E-state index in [0.717, 1.165) is 6.67 Å². The highest BCUT2D eigenvalue weighted by Crippen LogP contribution is 2.39. The molecule has 25 heavy (non-hydrogen) atoms. The summed E-state index contributed by atoms with van der Waals surface area (Å²) in [7, 11) is 0. The lowest BCUT2D eigenvalue weighted by Crippen LogP contribution is -2.39. The third kappa shape index (κ3) is 3.17. The van der Waals surface area contributed by atoms with Crippen molar-refractivity contribution >= 4 is 0 Å². The molecular formula is C23H28N2. The lowest BCUT2D eigenvalue weighted by molar-refractivity contribution is 0.150. The summed E-state index contributed by atoms with van der Waals surface area (Å²) in [6, 6.07) is 24.0. The van der Waals surface area contributed by atoms with E-state index in [0.29, 0.717) is 24.2 Å². The molecule has 1 fully saturated rings. The first-order valence-corrected chi connectivity index (χ1v) is 9.52. The van der Waals surface area contributed by atoms with Gasteiger partial charge in [-0.3, -0.25) is 9.80 Å². The highest BCUT2D eigenvalue weighted by Gasteiger charge is 2.43. The molecule has 2 nitrogen and oxygen atoms in total. The molecule has 0 saturated carbocycles. The minimum absolute atomic E-state index is 0.452. The van der Waals surface area contributed by atoms with E-state index in [2.05, 4.69) is 96.5 Å². The van der Waals surface area contributed by atoms with Crippen LogP contribution >= 0.6 is 0 Å². The van der Waals surface area contributed by atoms with Gasteiger partial charge in [0.15, 0.2) is 0 Å². The van der Waals surface area contributed by atoms with Crippen molar-refractivity contribution in [2.24, 2.45) is 0 Å². The first kappa shape index (κ1) is 16.6. The van der Waals surface area contributed by atoms with Crippen molar-refractivity contribution in [2.75, 3.05) is 6.67 Å². The topological polar surface area (TPSA) is 6.48 Å². The summed E-state index contributed by atoms with van der Waals surface area (Å²) in [4.78, 5) is 5.42. The quantitative estimate of drug-likeness (QED) is 0.713. The minimum atomic E-state index is 0.452. The largest absolute Gasteiger partial charge is 0.279 e. The van der Waals surface area contributed by atoms with E-state index in [-0.39, 0.29) is 0 Å². The minimum Gasteiger partial charge on any atom is -0.279 e. The van der Waals surface area contributed by atoms with Gasteiger partial charge in [0.25, 0.3) is 0 Å². The Labute approximate surface area is 151 Å². The predicted octanol–water partition coefficient (Wildman–Crippen LogP) is 5.17. The fourth-order valence-corrected chi connectivity index (χ4v) is 4.56. The maximum atomic E-state index is 2.71. The van der Waals surface area contributed by atoms with Crippen LogP contribution in [0.5, 0.6) is 0 Å². The van der Waals surface area contributed by atoms with E-state index in [1.54, 1.807) is 0 Å². The molecule has 0 aromatic heterocycles. The smallest absolute Gasteiger partial charge is 0.0524 e. The molecule has 0 amide bonds. The first-order chi connectivity index (χ1) is 12.3. The van der Waals surface area contributed by atoms with Crippen LogP contribution in [0.25, 0.3) is 0 Å². The molecule has 0 spiro atoms. The van der Waals surface area contributed by atoms with Gasteiger partial charge >= 0.3 is 0 Å². The van der Waals surface area contributed by atoms with E-state index in [1.807, 2.05) is 0 Å². The van der Waals surface area contributed by atoms with Crippen LogP contribution in [0.15, 0.2) is 72.8 Å². The maximum Gasteiger partial charge on any atom is 0.0524 e. The molecule has 130 valence electrons. The number of nitrogens with zero attached hydrogens (tertiary/aromatic N) is 2. The molecular weight excluding hydrogens is 304 g/mol. The second-order valence-electron chi connectivity index (χ2n) is 7.42. The van der Waals surface area contributed by atoms with Gasteiger partial charge in [0.05, 0.1) is 6.67 Å². The number of benzene rings is 2. The Balaban J connectivity index is 1.61. The standard InChI is InChI=1S/C23H28N2/c1-18(20-11-5-3-6-12-20)24-17-25(23-16-10-9-15-22(23)24)19(2)21-13-7-4-8-14-21/h3-14,18-19,22-23H,15-17H2,1-2H3/t18-,19-,22+,23+/m0/s1. The molecule has 1 saturated heterocycles. The average Bonchev–Trinajstić information content (AvgIpc) is 3.08. The molecule has 2 heteroatoms. The van der Waals surface area contributed by atoms with Gasteiger partial charge < -0.3 is 0 Å².